The Morgan fingerprint density at radius 1 is 0.415 bits per heavy atom. The lowest BCUT2D eigenvalue weighted by atomic mass is 9.90. The Kier molecular flexibility index (Phi) is 6.58. The molecule has 0 unspecified atom stereocenters. The smallest absolute Gasteiger partial charge is 0.127 e. The second-order valence-electron chi connectivity index (χ2n) is 10.0. The predicted molar refractivity (Wildman–Crippen MR) is 167 cm³/mol. The Bertz CT molecular complexity index is 1870. The van der Waals surface area contributed by atoms with E-state index in [1.165, 1.54) is 0 Å². The lowest BCUT2D eigenvalue weighted by Gasteiger charge is -2.18. The van der Waals surface area contributed by atoms with Crippen LogP contribution in [0.15, 0.2) is 121 Å². The topological polar surface area (TPSA) is 18.5 Å². The van der Waals surface area contributed by atoms with Crippen LogP contribution in [0.2, 0.25) is 0 Å². The van der Waals surface area contributed by atoms with Gasteiger partial charge in [0.1, 0.15) is 11.5 Å². The molecule has 0 atom stereocenters. The highest BCUT2D eigenvalue weighted by Crippen LogP contribution is 2.46. The largest absolute Gasteiger partial charge is 0.493 e. The average molecular weight is 527 g/mol. The van der Waals surface area contributed by atoms with Gasteiger partial charge in [0.15, 0.2) is 0 Å². The molecule has 0 aliphatic carbocycles. The number of benzene rings is 6. The molecule has 6 aromatic carbocycles. The standard InChI is InChI=1S/C39H26O2/c1-3-8-28(9-4-1)12-14-30-16-18-32-20-22-36-38(34(32)26-30)39-35-27-31(15-13-29-10-5-2-6-11-29)17-19-33(35)21-23-37(39)41-25-7-24-40-36/h1-6,8-11,16-23,26-27H,7,24-25H2. The maximum absolute atomic E-state index is 6.38. The van der Waals surface area contributed by atoms with E-state index < -0.39 is 0 Å². The highest BCUT2D eigenvalue weighted by molar-refractivity contribution is 6.10. The Morgan fingerprint density at radius 3 is 1.29 bits per heavy atom. The van der Waals surface area contributed by atoms with Gasteiger partial charge in [-0.2, -0.15) is 0 Å². The summed E-state index contributed by atoms with van der Waals surface area (Å²) in [6, 6.07) is 41.4. The summed E-state index contributed by atoms with van der Waals surface area (Å²) in [4.78, 5) is 0. The maximum Gasteiger partial charge on any atom is 0.127 e. The van der Waals surface area contributed by atoms with Gasteiger partial charge in [0, 0.05) is 39.8 Å². The quantitative estimate of drug-likeness (QED) is 0.185. The molecule has 0 radical (unpaired) electrons. The summed E-state index contributed by atoms with van der Waals surface area (Å²) in [5, 5.41) is 4.42. The molecule has 2 nitrogen and oxygen atoms in total. The normalized spacial score (nSPS) is 12.1. The van der Waals surface area contributed by atoms with Crippen LogP contribution in [0.1, 0.15) is 28.7 Å². The minimum atomic E-state index is 0.589. The molecule has 0 aromatic heterocycles. The maximum atomic E-state index is 6.38. The zero-order valence-corrected chi connectivity index (χ0v) is 22.5. The minimum Gasteiger partial charge on any atom is -0.493 e. The molecule has 1 aliphatic heterocycles. The summed E-state index contributed by atoms with van der Waals surface area (Å²) < 4.78 is 12.8. The molecule has 0 amide bonds. The van der Waals surface area contributed by atoms with E-state index in [1.807, 2.05) is 60.7 Å². The first-order chi connectivity index (χ1) is 20.3. The van der Waals surface area contributed by atoms with E-state index in [0.717, 1.165) is 72.8 Å². The van der Waals surface area contributed by atoms with Crippen LogP contribution in [0.25, 0.3) is 32.7 Å². The summed E-state index contributed by atoms with van der Waals surface area (Å²) >= 11 is 0. The van der Waals surface area contributed by atoms with Gasteiger partial charge in [-0.1, -0.05) is 84.3 Å². The first kappa shape index (κ1) is 24.6. The number of ether oxygens (including phenoxy) is 2. The number of rotatable bonds is 0. The van der Waals surface area contributed by atoms with Crippen LogP contribution in [-0.4, -0.2) is 13.2 Å². The van der Waals surface area contributed by atoms with Crippen molar-refractivity contribution in [3.8, 4) is 46.3 Å². The first-order valence-electron chi connectivity index (χ1n) is 13.9. The van der Waals surface area contributed by atoms with Crippen molar-refractivity contribution >= 4 is 21.5 Å². The van der Waals surface area contributed by atoms with E-state index in [0.29, 0.717) is 13.2 Å². The second-order valence-corrected chi connectivity index (χ2v) is 10.0. The van der Waals surface area contributed by atoms with E-state index in [9.17, 15) is 0 Å². The third-order valence-electron chi connectivity index (χ3n) is 7.27. The highest BCUT2D eigenvalue weighted by Gasteiger charge is 2.21. The monoisotopic (exact) mass is 526 g/mol. The number of hydrogen-bond donors (Lipinski definition) is 0. The molecule has 6 aromatic rings. The van der Waals surface area contributed by atoms with Crippen LogP contribution in [-0.2, 0) is 0 Å². The number of hydrogen-bond acceptors (Lipinski definition) is 2. The van der Waals surface area contributed by atoms with Gasteiger partial charge in [0.05, 0.1) is 13.2 Å². The van der Waals surface area contributed by atoms with Crippen molar-refractivity contribution in [2.75, 3.05) is 13.2 Å². The lowest BCUT2D eigenvalue weighted by Crippen LogP contribution is -2.03. The molecular formula is C39H26O2. The van der Waals surface area contributed by atoms with Gasteiger partial charge >= 0.3 is 0 Å². The molecule has 7 rings (SSSR count). The molecule has 41 heavy (non-hydrogen) atoms. The second kappa shape index (κ2) is 11.0. The molecule has 1 aliphatic rings. The van der Waals surface area contributed by atoms with E-state index >= 15 is 0 Å². The van der Waals surface area contributed by atoms with E-state index in [4.69, 9.17) is 9.47 Å². The van der Waals surface area contributed by atoms with Crippen LogP contribution in [0, 0.1) is 23.7 Å². The Hall–Kier alpha value is -5.44. The van der Waals surface area contributed by atoms with Crippen LogP contribution < -0.4 is 9.47 Å². The van der Waals surface area contributed by atoms with E-state index in [-0.39, 0.29) is 0 Å². The summed E-state index contributed by atoms with van der Waals surface area (Å²) in [5.74, 6) is 15.0. The van der Waals surface area contributed by atoms with Crippen molar-refractivity contribution in [3.63, 3.8) is 0 Å². The van der Waals surface area contributed by atoms with Crippen LogP contribution >= 0.6 is 0 Å². The SMILES string of the molecule is C(#Cc1ccc2ccc3c(c2c1)-c1c(ccc2ccc(C#Cc4ccccc4)cc12)OCCCO3)c1ccccc1. The van der Waals surface area contributed by atoms with Crippen molar-refractivity contribution < 1.29 is 9.47 Å². The van der Waals surface area contributed by atoms with Crippen molar-refractivity contribution in [1.82, 2.24) is 0 Å². The predicted octanol–water partition coefficient (Wildman–Crippen LogP) is 8.62. The van der Waals surface area contributed by atoms with E-state index in [1.54, 1.807) is 0 Å². The van der Waals surface area contributed by atoms with Gasteiger partial charge in [-0.25, -0.2) is 0 Å². The zero-order chi connectivity index (χ0) is 27.4. The van der Waals surface area contributed by atoms with E-state index in [2.05, 4.69) is 84.3 Å². The van der Waals surface area contributed by atoms with Gasteiger partial charge in [-0.05, 0) is 82.2 Å². The molecule has 0 N–H and O–H groups in total. The summed E-state index contributed by atoms with van der Waals surface area (Å²) in [7, 11) is 0. The van der Waals surface area contributed by atoms with Crippen LogP contribution in [0.5, 0.6) is 11.5 Å². The molecular weight excluding hydrogens is 500 g/mol. The molecule has 2 heteroatoms. The number of fused-ring (bicyclic) bond motifs is 7. The van der Waals surface area contributed by atoms with Gasteiger partial charge in [0.25, 0.3) is 0 Å². The lowest BCUT2D eigenvalue weighted by molar-refractivity contribution is 0.252. The van der Waals surface area contributed by atoms with Crippen LogP contribution in [0.3, 0.4) is 0 Å². The van der Waals surface area contributed by atoms with Crippen molar-refractivity contribution in [3.05, 3.63) is 144 Å². The molecule has 0 fully saturated rings. The fraction of sp³-hybridized carbons (Fsp3) is 0.0769. The fourth-order valence-electron chi connectivity index (χ4n) is 5.27. The minimum absolute atomic E-state index is 0.589. The Balaban J connectivity index is 1.45. The van der Waals surface area contributed by atoms with Crippen LogP contribution in [0.4, 0.5) is 0 Å². The summed E-state index contributed by atoms with van der Waals surface area (Å²) in [5.41, 5.74) is 5.94. The van der Waals surface area contributed by atoms with Gasteiger partial charge < -0.3 is 9.47 Å². The highest BCUT2D eigenvalue weighted by atomic mass is 16.5. The Labute approximate surface area is 240 Å². The first-order valence-corrected chi connectivity index (χ1v) is 13.9. The fourth-order valence-corrected chi connectivity index (χ4v) is 5.27. The van der Waals surface area contributed by atoms with Crippen molar-refractivity contribution in [1.29, 1.82) is 0 Å². The third-order valence-corrected chi connectivity index (χ3v) is 7.27. The molecule has 1 heterocycles. The molecule has 0 saturated heterocycles. The van der Waals surface area contributed by atoms with Gasteiger partial charge in [-0.15, -0.1) is 0 Å². The van der Waals surface area contributed by atoms with Crippen molar-refractivity contribution in [2.45, 2.75) is 6.42 Å². The Morgan fingerprint density at radius 2 is 0.829 bits per heavy atom. The summed E-state index contributed by atoms with van der Waals surface area (Å²) in [6.07, 6.45) is 0.806. The van der Waals surface area contributed by atoms with Gasteiger partial charge in [0.2, 0.25) is 0 Å². The van der Waals surface area contributed by atoms with Gasteiger partial charge in [-0.3, -0.25) is 0 Å². The van der Waals surface area contributed by atoms with Crippen molar-refractivity contribution in [2.24, 2.45) is 0 Å². The third kappa shape index (κ3) is 5.12. The summed E-state index contributed by atoms with van der Waals surface area (Å²) in [6.45, 7) is 1.18. The molecule has 0 bridgehead atoms. The molecule has 0 saturated carbocycles. The average Bonchev–Trinajstić information content (AvgIpc) is 3.12. The zero-order valence-electron chi connectivity index (χ0n) is 22.5. The molecule has 0 spiro atoms. The molecule has 194 valence electrons.